The molecule has 19 heavy (non-hydrogen) atoms. The summed E-state index contributed by atoms with van der Waals surface area (Å²) in [6, 6.07) is 2.40. The van der Waals surface area contributed by atoms with Gasteiger partial charge in [-0.1, -0.05) is 0 Å². The van der Waals surface area contributed by atoms with Crippen LogP contribution in [-0.4, -0.2) is 36.0 Å². The zero-order chi connectivity index (χ0) is 13.2. The minimum Gasteiger partial charge on any atom is -0.396 e. The summed E-state index contributed by atoms with van der Waals surface area (Å²) in [5, 5.41) is 15.3. The fraction of sp³-hybridized carbons (Fsp3) is 0.462. The average Bonchev–Trinajstić information content (AvgIpc) is 2.87. The highest BCUT2D eigenvalue weighted by atomic mass is 32.1. The molecule has 1 unspecified atom stereocenters. The lowest BCUT2D eigenvalue weighted by molar-refractivity contribution is 0.231. The molecule has 102 valence electrons. The molecule has 2 aromatic rings. The third-order valence-corrected chi connectivity index (χ3v) is 4.43. The lowest BCUT2D eigenvalue weighted by atomic mass is 10.0. The topological polar surface area (TPSA) is 74.4 Å². The summed E-state index contributed by atoms with van der Waals surface area (Å²) in [4.78, 5) is 7.70. The molecular formula is C13H18N4OS. The molecular weight excluding hydrogens is 260 g/mol. The quantitative estimate of drug-likeness (QED) is 0.740. The molecule has 0 radical (unpaired) electrons. The van der Waals surface area contributed by atoms with E-state index in [0.29, 0.717) is 6.04 Å². The molecule has 1 atom stereocenters. The van der Waals surface area contributed by atoms with E-state index in [9.17, 15) is 0 Å². The highest BCUT2D eigenvalue weighted by Gasteiger charge is 2.22. The van der Waals surface area contributed by atoms with Crippen molar-refractivity contribution in [2.45, 2.75) is 18.9 Å². The van der Waals surface area contributed by atoms with Crippen LogP contribution in [0.1, 0.15) is 12.8 Å². The van der Waals surface area contributed by atoms with Gasteiger partial charge >= 0.3 is 0 Å². The lowest BCUT2D eigenvalue weighted by Gasteiger charge is -2.35. The number of anilines is 2. The summed E-state index contributed by atoms with van der Waals surface area (Å²) in [7, 11) is 0. The molecule has 6 heteroatoms. The summed E-state index contributed by atoms with van der Waals surface area (Å²) in [6.45, 7) is 1.90. The van der Waals surface area contributed by atoms with Gasteiger partial charge in [-0.3, -0.25) is 5.32 Å². The first-order valence-corrected chi connectivity index (χ1v) is 7.38. The van der Waals surface area contributed by atoms with Crippen LogP contribution in [0.2, 0.25) is 0 Å². The Balaban J connectivity index is 1.94. The van der Waals surface area contributed by atoms with Gasteiger partial charge in [0.25, 0.3) is 0 Å². The molecule has 1 aliphatic heterocycles. The minimum atomic E-state index is 0.0260. The smallest absolute Gasteiger partial charge is 0.125 e. The van der Waals surface area contributed by atoms with Gasteiger partial charge in [-0.2, -0.15) is 0 Å². The predicted molar refractivity (Wildman–Crippen MR) is 79.5 cm³/mol. The second kappa shape index (κ2) is 5.32. The number of thiophene rings is 1. The van der Waals surface area contributed by atoms with Gasteiger partial charge in [-0.25, -0.2) is 4.98 Å². The molecule has 1 saturated heterocycles. The van der Waals surface area contributed by atoms with Crippen LogP contribution in [0, 0.1) is 0 Å². The van der Waals surface area contributed by atoms with Crippen molar-refractivity contribution >= 4 is 32.9 Å². The van der Waals surface area contributed by atoms with E-state index in [1.165, 1.54) is 0 Å². The van der Waals surface area contributed by atoms with Crippen LogP contribution >= 0.6 is 11.3 Å². The SMILES string of the molecule is Nc1cnc2sccc2c1N1CCCC(NCO)C1. The highest BCUT2D eigenvalue weighted by molar-refractivity contribution is 7.16. The zero-order valence-electron chi connectivity index (χ0n) is 10.7. The molecule has 2 aromatic heterocycles. The maximum Gasteiger partial charge on any atom is 0.125 e. The van der Waals surface area contributed by atoms with E-state index in [1.807, 2.05) is 5.38 Å². The van der Waals surface area contributed by atoms with Crippen molar-refractivity contribution in [1.29, 1.82) is 0 Å². The molecule has 0 spiro atoms. The number of rotatable bonds is 3. The molecule has 5 nitrogen and oxygen atoms in total. The number of fused-ring (bicyclic) bond motifs is 1. The molecule has 0 aliphatic carbocycles. The Morgan fingerprint density at radius 3 is 3.32 bits per heavy atom. The minimum absolute atomic E-state index is 0.0260. The van der Waals surface area contributed by atoms with E-state index in [1.54, 1.807) is 17.5 Å². The van der Waals surface area contributed by atoms with Crippen molar-refractivity contribution < 1.29 is 5.11 Å². The number of hydrogen-bond acceptors (Lipinski definition) is 6. The van der Waals surface area contributed by atoms with Crippen LogP contribution in [0.25, 0.3) is 10.2 Å². The summed E-state index contributed by atoms with van der Waals surface area (Å²) in [5.74, 6) is 0. The Morgan fingerprint density at radius 2 is 2.47 bits per heavy atom. The first-order chi connectivity index (χ1) is 9.29. The molecule has 0 bridgehead atoms. The van der Waals surface area contributed by atoms with Crippen molar-refractivity contribution in [3.05, 3.63) is 17.6 Å². The van der Waals surface area contributed by atoms with Crippen molar-refractivity contribution in [1.82, 2.24) is 10.3 Å². The van der Waals surface area contributed by atoms with Gasteiger partial charge in [0.1, 0.15) is 4.83 Å². The molecule has 0 saturated carbocycles. The number of hydrogen-bond donors (Lipinski definition) is 3. The molecule has 3 heterocycles. The lowest BCUT2D eigenvalue weighted by Crippen LogP contribution is -2.46. The van der Waals surface area contributed by atoms with Crippen molar-refractivity contribution in [3.63, 3.8) is 0 Å². The molecule has 0 amide bonds. The number of nitrogens with two attached hydrogens (primary N) is 1. The van der Waals surface area contributed by atoms with Gasteiger partial charge < -0.3 is 15.7 Å². The molecule has 0 aromatic carbocycles. The van der Waals surface area contributed by atoms with Crippen molar-refractivity contribution in [2.24, 2.45) is 0 Å². The normalized spacial score (nSPS) is 20.1. The largest absolute Gasteiger partial charge is 0.396 e. The third-order valence-electron chi connectivity index (χ3n) is 3.61. The van der Waals surface area contributed by atoms with E-state index in [2.05, 4.69) is 21.3 Å². The van der Waals surface area contributed by atoms with Gasteiger partial charge in [0, 0.05) is 24.5 Å². The maximum absolute atomic E-state index is 9.01. The number of piperidine rings is 1. The van der Waals surface area contributed by atoms with Crippen LogP contribution in [0.5, 0.6) is 0 Å². The average molecular weight is 278 g/mol. The van der Waals surface area contributed by atoms with Gasteiger partial charge in [0.2, 0.25) is 0 Å². The van der Waals surface area contributed by atoms with Gasteiger partial charge in [0.05, 0.1) is 24.3 Å². The molecule has 1 fully saturated rings. The van der Waals surface area contributed by atoms with Crippen LogP contribution in [0.4, 0.5) is 11.4 Å². The Bertz CT molecular complexity index is 569. The third kappa shape index (κ3) is 2.39. The Labute approximate surface area is 116 Å². The number of nitrogens with one attached hydrogen (secondary N) is 1. The Hall–Kier alpha value is -1.37. The van der Waals surface area contributed by atoms with Crippen LogP contribution < -0.4 is 16.0 Å². The Morgan fingerprint density at radius 1 is 1.58 bits per heavy atom. The molecule has 3 rings (SSSR count). The second-order valence-electron chi connectivity index (χ2n) is 4.85. The van der Waals surface area contributed by atoms with E-state index in [-0.39, 0.29) is 6.73 Å². The predicted octanol–water partition coefficient (Wildman–Crippen LogP) is 1.39. The molecule has 1 aliphatic rings. The standard InChI is InChI=1S/C13H18N4OS/c14-11-6-15-13-10(3-5-19-13)12(11)17-4-1-2-9(7-17)16-8-18/h3,5-6,9,16,18H,1-2,4,7-8,14H2. The van der Waals surface area contributed by atoms with Crippen molar-refractivity contribution in [3.8, 4) is 0 Å². The summed E-state index contributed by atoms with van der Waals surface area (Å²) in [6.07, 6.45) is 3.94. The zero-order valence-corrected chi connectivity index (χ0v) is 11.5. The van der Waals surface area contributed by atoms with E-state index in [0.717, 1.165) is 47.5 Å². The first kappa shape index (κ1) is 12.7. The van der Waals surface area contributed by atoms with Crippen LogP contribution in [0.15, 0.2) is 17.6 Å². The van der Waals surface area contributed by atoms with E-state index >= 15 is 0 Å². The summed E-state index contributed by atoms with van der Waals surface area (Å²) in [5.41, 5.74) is 7.95. The number of aromatic nitrogens is 1. The van der Waals surface area contributed by atoms with Crippen LogP contribution in [0.3, 0.4) is 0 Å². The molecule has 4 N–H and O–H groups in total. The fourth-order valence-electron chi connectivity index (χ4n) is 2.76. The first-order valence-electron chi connectivity index (χ1n) is 6.50. The number of aliphatic hydroxyl groups is 1. The highest BCUT2D eigenvalue weighted by Crippen LogP contribution is 2.35. The maximum atomic E-state index is 9.01. The van der Waals surface area contributed by atoms with Gasteiger partial charge in [0.15, 0.2) is 0 Å². The van der Waals surface area contributed by atoms with Crippen LogP contribution in [-0.2, 0) is 0 Å². The fourth-order valence-corrected chi connectivity index (χ4v) is 3.49. The number of pyridine rings is 1. The van der Waals surface area contributed by atoms with E-state index in [4.69, 9.17) is 10.8 Å². The number of aliphatic hydroxyl groups excluding tert-OH is 1. The van der Waals surface area contributed by atoms with Crippen molar-refractivity contribution in [2.75, 3.05) is 30.5 Å². The summed E-state index contributed by atoms with van der Waals surface area (Å²) < 4.78 is 0. The monoisotopic (exact) mass is 278 g/mol. The number of nitrogen functional groups attached to an aromatic ring is 1. The van der Waals surface area contributed by atoms with E-state index < -0.39 is 0 Å². The Kier molecular flexibility index (Phi) is 3.54. The van der Waals surface area contributed by atoms with Gasteiger partial charge in [-0.15, -0.1) is 11.3 Å². The summed E-state index contributed by atoms with van der Waals surface area (Å²) >= 11 is 1.64. The second-order valence-corrected chi connectivity index (χ2v) is 5.74. The van der Waals surface area contributed by atoms with Gasteiger partial charge in [-0.05, 0) is 24.3 Å². The number of nitrogens with zero attached hydrogens (tertiary/aromatic N) is 2.